The third kappa shape index (κ3) is 5.18. The van der Waals surface area contributed by atoms with Gasteiger partial charge in [-0.15, -0.1) is 11.3 Å². The van der Waals surface area contributed by atoms with Crippen LogP contribution in [0.4, 0.5) is 0 Å². The summed E-state index contributed by atoms with van der Waals surface area (Å²) in [6.45, 7) is 3.32. The van der Waals surface area contributed by atoms with E-state index in [9.17, 15) is 4.79 Å². The molecule has 0 bridgehead atoms. The van der Waals surface area contributed by atoms with E-state index in [0.717, 1.165) is 33.8 Å². The number of thiazole rings is 1. The van der Waals surface area contributed by atoms with E-state index in [-0.39, 0.29) is 12.3 Å². The van der Waals surface area contributed by atoms with E-state index in [4.69, 9.17) is 0 Å². The molecule has 6 nitrogen and oxygen atoms in total. The molecule has 0 aliphatic rings. The molecule has 30 heavy (non-hydrogen) atoms. The quantitative estimate of drug-likeness (QED) is 0.472. The summed E-state index contributed by atoms with van der Waals surface area (Å²) < 4.78 is 1.77. The number of nitrogens with zero attached hydrogens (tertiary/aromatic N) is 4. The predicted octanol–water partition coefficient (Wildman–Crippen LogP) is 3.87. The molecule has 0 saturated carbocycles. The fourth-order valence-corrected chi connectivity index (χ4v) is 3.92. The summed E-state index contributed by atoms with van der Waals surface area (Å²) in [6, 6.07) is 16.6. The molecule has 4 aromatic rings. The van der Waals surface area contributed by atoms with E-state index in [2.05, 4.69) is 51.6 Å². The van der Waals surface area contributed by atoms with Crippen LogP contribution in [0.15, 0.2) is 66.6 Å². The first-order chi connectivity index (χ1) is 14.7. The van der Waals surface area contributed by atoms with Crippen LogP contribution in [0.3, 0.4) is 0 Å². The lowest BCUT2D eigenvalue weighted by atomic mass is 10.1. The minimum Gasteiger partial charge on any atom is -0.352 e. The van der Waals surface area contributed by atoms with Crippen molar-refractivity contribution < 1.29 is 4.79 Å². The average Bonchev–Trinajstić information content (AvgIpc) is 3.46. The van der Waals surface area contributed by atoms with Gasteiger partial charge in [0, 0.05) is 17.5 Å². The van der Waals surface area contributed by atoms with Crippen LogP contribution < -0.4 is 5.32 Å². The Labute approximate surface area is 179 Å². The standard InChI is InChI=1S/C23H23N5OS/c1-2-17-7-9-20(10-8-17)23-27-21(14-30-23)11-22(29)25-12-18-3-5-19(6-4-18)13-28-16-24-15-26-28/h3-10,14-16H,2,11-13H2,1H3,(H,25,29). The fraction of sp³-hybridized carbons (Fsp3) is 0.217. The highest BCUT2D eigenvalue weighted by Crippen LogP contribution is 2.24. The monoisotopic (exact) mass is 417 g/mol. The molecule has 152 valence electrons. The topological polar surface area (TPSA) is 72.7 Å². The predicted molar refractivity (Wildman–Crippen MR) is 118 cm³/mol. The maximum absolute atomic E-state index is 12.3. The van der Waals surface area contributed by atoms with Crippen molar-refractivity contribution >= 4 is 17.2 Å². The Morgan fingerprint density at radius 1 is 1.03 bits per heavy atom. The summed E-state index contributed by atoms with van der Waals surface area (Å²) in [5.41, 5.74) is 5.39. The molecule has 0 atom stereocenters. The summed E-state index contributed by atoms with van der Waals surface area (Å²) in [4.78, 5) is 20.9. The first kappa shape index (κ1) is 20.0. The Balaban J connectivity index is 1.28. The van der Waals surface area contributed by atoms with Gasteiger partial charge in [0.05, 0.1) is 18.7 Å². The van der Waals surface area contributed by atoms with Gasteiger partial charge in [-0.25, -0.2) is 14.6 Å². The number of amides is 1. The Morgan fingerprint density at radius 3 is 2.47 bits per heavy atom. The van der Waals surface area contributed by atoms with Gasteiger partial charge in [0.15, 0.2) is 0 Å². The second-order valence-electron chi connectivity index (χ2n) is 7.06. The van der Waals surface area contributed by atoms with Gasteiger partial charge < -0.3 is 5.32 Å². The second-order valence-corrected chi connectivity index (χ2v) is 7.92. The molecule has 7 heteroatoms. The van der Waals surface area contributed by atoms with Gasteiger partial charge in [0.2, 0.25) is 5.91 Å². The van der Waals surface area contributed by atoms with Crippen LogP contribution >= 0.6 is 11.3 Å². The van der Waals surface area contributed by atoms with Gasteiger partial charge in [-0.05, 0) is 23.1 Å². The number of aromatic nitrogens is 4. The van der Waals surface area contributed by atoms with Gasteiger partial charge in [0.1, 0.15) is 17.7 Å². The summed E-state index contributed by atoms with van der Waals surface area (Å²) in [7, 11) is 0. The third-order valence-electron chi connectivity index (χ3n) is 4.83. The molecule has 2 aromatic carbocycles. The Hall–Kier alpha value is -3.32. The molecule has 1 N–H and O–H groups in total. The first-order valence-corrected chi connectivity index (χ1v) is 10.8. The van der Waals surface area contributed by atoms with Crippen molar-refractivity contribution in [3.63, 3.8) is 0 Å². The highest BCUT2D eigenvalue weighted by molar-refractivity contribution is 7.13. The highest BCUT2D eigenvalue weighted by atomic mass is 32.1. The number of aryl methyl sites for hydroxylation is 1. The van der Waals surface area contributed by atoms with Crippen LogP contribution in [0.2, 0.25) is 0 Å². The van der Waals surface area contributed by atoms with Crippen molar-refractivity contribution in [1.82, 2.24) is 25.1 Å². The fourth-order valence-electron chi connectivity index (χ4n) is 3.10. The molecule has 2 aromatic heterocycles. The Kier molecular flexibility index (Phi) is 6.29. The smallest absolute Gasteiger partial charge is 0.226 e. The average molecular weight is 418 g/mol. The van der Waals surface area contributed by atoms with Gasteiger partial charge in [-0.2, -0.15) is 5.10 Å². The van der Waals surface area contributed by atoms with Crippen LogP contribution in [-0.2, 0) is 30.7 Å². The Bertz CT molecular complexity index is 1090. The van der Waals surface area contributed by atoms with Crippen LogP contribution in [0, 0.1) is 0 Å². The van der Waals surface area contributed by atoms with Crippen LogP contribution in [-0.4, -0.2) is 25.7 Å². The molecule has 0 spiro atoms. The Morgan fingerprint density at radius 2 is 1.77 bits per heavy atom. The number of carbonyl (C=O) groups is 1. The van der Waals surface area contributed by atoms with E-state index in [1.54, 1.807) is 22.3 Å². The maximum atomic E-state index is 12.3. The first-order valence-electron chi connectivity index (χ1n) is 9.90. The molecule has 4 rings (SSSR count). The van der Waals surface area contributed by atoms with Crippen molar-refractivity contribution in [2.75, 3.05) is 0 Å². The molecule has 0 aliphatic heterocycles. The lowest BCUT2D eigenvalue weighted by Gasteiger charge is -2.06. The second kappa shape index (κ2) is 9.45. The molecule has 0 unspecified atom stereocenters. The van der Waals surface area contributed by atoms with E-state index < -0.39 is 0 Å². The number of rotatable bonds is 8. The minimum atomic E-state index is -0.0279. The largest absolute Gasteiger partial charge is 0.352 e. The van der Waals surface area contributed by atoms with E-state index in [0.29, 0.717) is 13.1 Å². The van der Waals surface area contributed by atoms with Gasteiger partial charge in [0.25, 0.3) is 0 Å². The zero-order chi connectivity index (χ0) is 20.8. The molecule has 0 fully saturated rings. The molecular weight excluding hydrogens is 394 g/mol. The number of benzene rings is 2. The van der Waals surface area contributed by atoms with Crippen molar-refractivity contribution in [1.29, 1.82) is 0 Å². The normalized spacial score (nSPS) is 10.8. The summed E-state index contributed by atoms with van der Waals surface area (Å²) in [5.74, 6) is -0.0279. The SMILES string of the molecule is CCc1ccc(-c2nc(CC(=O)NCc3ccc(Cn4cncn4)cc3)cs2)cc1. The summed E-state index contributed by atoms with van der Waals surface area (Å²) in [6.07, 6.45) is 4.53. The van der Waals surface area contributed by atoms with Crippen molar-refractivity contribution in [3.05, 3.63) is 88.9 Å². The third-order valence-corrected chi connectivity index (χ3v) is 5.77. The van der Waals surface area contributed by atoms with Crippen molar-refractivity contribution in [2.24, 2.45) is 0 Å². The number of carbonyl (C=O) groups excluding carboxylic acids is 1. The number of nitrogens with one attached hydrogen (secondary N) is 1. The molecule has 2 heterocycles. The molecule has 0 radical (unpaired) electrons. The lowest BCUT2D eigenvalue weighted by Crippen LogP contribution is -2.24. The number of hydrogen-bond donors (Lipinski definition) is 1. The highest BCUT2D eigenvalue weighted by Gasteiger charge is 2.09. The summed E-state index contributed by atoms with van der Waals surface area (Å²) >= 11 is 1.57. The lowest BCUT2D eigenvalue weighted by molar-refractivity contribution is -0.120. The molecule has 1 amide bonds. The van der Waals surface area contributed by atoms with Crippen LogP contribution in [0.25, 0.3) is 10.6 Å². The minimum absolute atomic E-state index is 0.0279. The van der Waals surface area contributed by atoms with E-state index in [1.807, 2.05) is 29.6 Å². The zero-order valence-corrected chi connectivity index (χ0v) is 17.6. The van der Waals surface area contributed by atoms with E-state index >= 15 is 0 Å². The van der Waals surface area contributed by atoms with E-state index in [1.165, 1.54) is 11.9 Å². The van der Waals surface area contributed by atoms with Gasteiger partial charge in [-0.3, -0.25) is 4.79 Å². The molecule has 0 aliphatic carbocycles. The molecular formula is C23H23N5OS. The van der Waals surface area contributed by atoms with Crippen LogP contribution in [0.5, 0.6) is 0 Å². The van der Waals surface area contributed by atoms with Crippen LogP contribution in [0.1, 0.15) is 29.3 Å². The van der Waals surface area contributed by atoms with Gasteiger partial charge >= 0.3 is 0 Å². The molecule has 0 saturated heterocycles. The zero-order valence-electron chi connectivity index (χ0n) is 16.8. The maximum Gasteiger partial charge on any atom is 0.226 e. The summed E-state index contributed by atoms with van der Waals surface area (Å²) in [5, 5.41) is 9.99. The van der Waals surface area contributed by atoms with Gasteiger partial charge in [-0.1, -0.05) is 55.5 Å². The number of hydrogen-bond acceptors (Lipinski definition) is 5. The van der Waals surface area contributed by atoms with Crippen molar-refractivity contribution in [2.45, 2.75) is 32.9 Å². The van der Waals surface area contributed by atoms with Crippen molar-refractivity contribution in [3.8, 4) is 10.6 Å².